The van der Waals surface area contributed by atoms with Crippen molar-refractivity contribution in [2.45, 2.75) is 51.9 Å². The second kappa shape index (κ2) is 13.5. The van der Waals surface area contributed by atoms with E-state index in [9.17, 15) is 0 Å². The third kappa shape index (κ3) is 7.13. The molecule has 0 saturated heterocycles. The Morgan fingerprint density at radius 1 is 0.714 bits per heavy atom. The van der Waals surface area contributed by atoms with Crippen molar-refractivity contribution in [3.8, 4) is 0 Å². The van der Waals surface area contributed by atoms with Crippen LogP contribution in [0.2, 0.25) is 0 Å². The van der Waals surface area contributed by atoms with E-state index >= 15 is 0 Å². The molecule has 3 aliphatic carbocycles. The summed E-state index contributed by atoms with van der Waals surface area (Å²) < 4.78 is 0. The Morgan fingerprint density at radius 3 is 1.91 bits per heavy atom. The average Bonchev–Trinajstić information content (AvgIpc) is 3.50. The number of allylic oxidation sites excluding steroid dienone is 4. The fraction of sp³-hybridized carbons (Fsp3) is 0.273. The Morgan fingerprint density at radius 2 is 1.29 bits per heavy atom. The van der Waals surface area contributed by atoms with Crippen LogP contribution in [0.15, 0.2) is 91.0 Å². The van der Waals surface area contributed by atoms with E-state index in [1.165, 1.54) is 39.0 Å². The first-order valence-electron chi connectivity index (χ1n) is 12.1. The van der Waals surface area contributed by atoms with Gasteiger partial charge in [0.15, 0.2) is 0 Å². The van der Waals surface area contributed by atoms with Crippen molar-refractivity contribution in [2.24, 2.45) is 0 Å². The zero-order valence-electron chi connectivity index (χ0n) is 23.3. The van der Waals surface area contributed by atoms with Crippen LogP contribution < -0.4 is 18.9 Å². The summed E-state index contributed by atoms with van der Waals surface area (Å²) in [7, 11) is 0. The largest absolute Gasteiger partial charge is 1.00 e. The van der Waals surface area contributed by atoms with Gasteiger partial charge in [-0.15, -0.1) is 0 Å². The molecule has 178 valence electrons. The third-order valence-electron chi connectivity index (χ3n) is 6.76. The number of fused-ring (bicyclic) bond motifs is 3. The number of halogens is 1. The Balaban J connectivity index is 0.000000254. The number of benzene rings is 3. The van der Waals surface area contributed by atoms with Crippen LogP contribution in [0.5, 0.6) is 0 Å². The Kier molecular flexibility index (Phi) is 11.4. The molecule has 35 heavy (non-hydrogen) atoms. The molecule has 0 amide bonds. The van der Waals surface area contributed by atoms with Crippen molar-refractivity contribution in [3.05, 3.63) is 124 Å². The van der Waals surface area contributed by atoms with Gasteiger partial charge in [-0.25, -0.2) is 0 Å². The quantitative estimate of drug-likeness (QED) is 0.153. The van der Waals surface area contributed by atoms with E-state index in [0.29, 0.717) is 11.8 Å². The van der Waals surface area contributed by atoms with Crippen molar-refractivity contribution in [1.82, 2.24) is 0 Å². The molecule has 2 heteroatoms. The zero-order valence-corrected chi connectivity index (χ0v) is 24.5. The molecule has 2 atom stereocenters. The molecule has 0 heterocycles. The van der Waals surface area contributed by atoms with Crippen LogP contribution in [0, 0.1) is 0 Å². The van der Waals surface area contributed by atoms with E-state index in [4.69, 9.17) is 0 Å². The van der Waals surface area contributed by atoms with Crippen LogP contribution in [0.4, 0.5) is 0 Å². The smallest absolute Gasteiger partial charge is 1.00 e. The summed E-state index contributed by atoms with van der Waals surface area (Å²) in [6.45, 7) is 11.1. The molecule has 3 aromatic rings. The fourth-order valence-corrected chi connectivity index (χ4v) is 4.85. The van der Waals surface area contributed by atoms with Gasteiger partial charge in [-0.1, -0.05) is 153 Å². The fourth-order valence-electron chi connectivity index (χ4n) is 4.85. The van der Waals surface area contributed by atoms with Crippen LogP contribution >= 0.6 is 22.6 Å². The van der Waals surface area contributed by atoms with Crippen LogP contribution in [-0.2, 0) is 5.41 Å². The third-order valence-corrected chi connectivity index (χ3v) is 6.76. The van der Waals surface area contributed by atoms with E-state index in [2.05, 4.69) is 160 Å². The van der Waals surface area contributed by atoms with Gasteiger partial charge in [-0.3, -0.25) is 0 Å². The monoisotopic (exact) mass is 568 g/mol. The first kappa shape index (κ1) is 29.4. The maximum Gasteiger partial charge on any atom is 1.00 e. The predicted molar refractivity (Wildman–Crippen MR) is 162 cm³/mol. The summed E-state index contributed by atoms with van der Waals surface area (Å²) >= 11 is 2.15. The molecule has 0 aliphatic heterocycles. The second-order valence-corrected chi connectivity index (χ2v) is 9.64. The number of rotatable bonds is 0. The summed E-state index contributed by atoms with van der Waals surface area (Å²) in [6, 6.07) is 25.7. The van der Waals surface area contributed by atoms with Crippen LogP contribution in [0.25, 0.3) is 17.7 Å². The SMILES string of the molecule is CC1(C)C=Cc2ccccc21.CC1=CC(C)c2ccccc21.CC1C=Cc2ccccc21.CI.[H-].[Li+]. The van der Waals surface area contributed by atoms with E-state index in [-0.39, 0.29) is 25.7 Å². The van der Waals surface area contributed by atoms with Gasteiger partial charge < -0.3 is 1.43 Å². The number of hydrogen-bond donors (Lipinski definition) is 0. The molecule has 0 fully saturated rings. The maximum atomic E-state index is 2.32. The van der Waals surface area contributed by atoms with E-state index in [1.54, 1.807) is 0 Å². The van der Waals surface area contributed by atoms with Gasteiger partial charge in [0.25, 0.3) is 0 Å². The summed E-state index contributed by atoms with van der Waals surface area (Å²) in [5.41, 5.74) is 10.2. The van der Waals surface area contributed by atoms with E-state index in [0.717, 1.165) is 0 Å². The Labute approximate surface area is 240 Å². The topological polar surface area (TPSA) is 0 Å². The molecular weight excluding hydrogens is 530 g/mol. The van der Waals surface area contributed by atoms with E-state index < -0.39 is 0 Å². The molecule has 6 rings (SSSR count). The number of alkyl halides is 1. The van der Waals surface area contributed by atoms with Crippen molar-refractivity contribution in [1.29, 1.82) is 0 Å². The van der Waals surface area contributed by atoms with Crippen molar-refractivity contribution < 1.29 is 20.3 Å². The molecular formula is C33H38ILi. The molecule has 0 aromatic heterocycles. The number of hydrogen-bond acceptors (Lipinski definition) is 0. The molecule has 0 saturated carbocycles. The Bertz CT molecular complexity index is 1210. The van der Waals surface area contributed by atoms with Crippen LogP contribution in [-0.4, -0.2) is 4.93 Å². The average molecular weight is 569 g/mol. The van der Waals surface area contributed by atoms with Gasteiger partial charge >= 0.3 is 18.9 Å². The maximum absolute atomic E-state index is 2.32. The molecule has 0 nitrogen and oxygen atoms in total. The minimum atomic E-state index is 0. The molecule has 2 unspecified atom stereocenters. The summed E-state index contributed by atoms with van der Waals surface area (Å²) in [5.74, 6) is 1.24. The van der Waals surface area contributed by atoms with Crippen molar-refractivity contribution >= 4 is 40.3 Å². The minimum absolute atomic E-state index is 0. The molecule has 0 bridgehead atoms. The first-order valence-corrected chi connectivity index (χ1v) is 14.2. The Hall–Kier alpha value is -1.79. The summed E-state index contributed by atoms with van der Waals surface area (Å²) in [6.07, 6.45) is 11.2. The van der Waals surface area contributed by atoms with E-state index in [1.807, 2.05) is 4.93 Å². The van der Waals surface area contributed by atoms with Gasteiger partial charge in [0.2, 0.25) is 0 Å². The minimum Gasteiger partial charge on any atom is -1.00 e. The predicted octanol–water partition coefficient (Wildman–Crippen LogP) is 7.18. The van der Waals surface area contributed by atoms with Gasteiger partial charge in [-0.05, 0) is 56.7 Å². The van der Waals surface area contributed by atoms with Gasteiger partial charge in [0.1, 0.15) is 0 Å². The molecule has 3 aliphatic rings. The molecule has 0 spiro atoms. The zero-order chi connectivity index (χ0) is 24.7. The summed E-state index contributed by atoms with van der Waals surface area (Å²) in [4.78, 5) is 1.97. The normalized spacial score (nSPS) is 18.7. The molecule has 0 N–H and O–H groups in total. The summed E-state index contributed by atoms with van der Waals surface area (Å²) in [5, 5.41) is 0. The molecule has 0 radical (unpaired) electrons. The van der Waals surface area contributed by atoms with Gasteiger partial charge in [-0.2, -0.15) is 0 Å². The molecule has 3 aromatic carbocycles. The van der Waals surface area contributed by atoms with Gasteiger partial charge in [0, 0.05) is 11.3 Å². The van der Waals surface area contributed by atoms with Crippen molar-refractivity contribution in [2.75, 3.05) is 4.93 Å². The van der Waals surface area contributed by atoms with Crippen LogP contribution in [0.1, 0.15) is 81.3 Å². The second-order valence-electron chi connectivity index (χ2n) is 9.64. The first-order chi connectivity index (χ1) is 16.4. The van der Waals surface area contributed by atoms with Crippen molar-refractivity contribution in [3.63, 3.8) is 0 Å². The van der Waals surface area contributed by atoms with Gasteiger partial charge in [0.05, 0.1) is 0 Å². The van der Waals surface area contributed by atoms with Crippen LogP contribution in [0.3, 0.4) is 0 Å². The standard InChI is InChI=1S/2C11H12.C10H10.CH3I.Li.H/c1-11(2)8-7-9-5-3-4-6-10(9)11;1-8-7-9(2)11-6-4-3-5-10(8)11;1-8-6-7-9-4-2-3-5-10(8)9;1-2;;/h2*3-8H,1-2H3;2-8H,1H3;1H3;;/q;;;;+1;-1.